The average molecular weight is 334 g/mol. The lowest BCUT2D eigenvalue weighted by Crippen LogP contribution is -2.56. The monoisotopic (exact) mass is 334 g/mol. The number of alkyl halides is 3. The fourth-order valence-corrected chi connectivity index (χ4v) is 3.71. The van der Waals surface area contributed by atoms with Gasteiger partial charge < -0.3 is 10.7 Å². The first-order valence-corrected chi connectivity index (χ1v) is 8.09. The van der Waals surface area contributed by atoms with Crippen LogP contribution in [-0.4, -0.2) is 11.2 Å². The van der Waals surface area contributed by atoms with Crippen LogP contribution in [0.5, 0.6) is 0 Å². The lowest BCUT2D eigenvalue weighted by molar-refractivity contribution is -0.200. The summed E-state index contributed by atoms with van der Waals surface area (Å²) in [5.41, 5.74) is 6.28. The third kappa shape index (κ3) is 2.38. The van der Waals surface area contributed by atoms with Gasteiger partial charge in [0.05, 0.1) is 0 Å². The van der Waals surface area contributed by atoms with E-state index in [0.717, 1.165) is 11.1 Å². The number of aryl methyl sites for hydroxylation is 2. The minimum absolute atomic E-state index is 0.198. The molecule has 0 saturated heterocycles. The fraction of sp³-hybridized carbons (Fsp3) is 0.368. The second-order valence-corrected chi connectivity index (χ2v) is 6.37. The van der Waals surface area contributed by atoms with Crippen molar-refractivity contribution < 1.29 is 13.2 Å². The summed E-state index contributed by atoms with van der Waals surface area (Å²) in [6.45, 7) is 3.76. The van der Waals surface area contributed by atoms with Gasteiger partial charge >= 0.3 is 6.18 Å². The van der Waals surface area contributed by atoms with Gasteiger partial charge in [-0.2, -0.15) is 13.2 Å². The molecule has 1 aliphatic carbocycles. The van der Waals surface area contributed by atoms with Crippen LogP contribution in [0.3, 0.4) is 0 Å². The normalized spacial score (nSPS) is 20.5. The topological polar surface area (TPSA) is 41.8 Å². The molecule has 2 nitrogen and oxygen atoms in total. The van der Waals surface area contributed by atoms with E-state index in [1.807, 2.05) is 19.9 Å². The Hall–Kier alpha value is -2.01. The number of fused-ring (bicyclic) bond motifs is 1. The minimum atomic E-state index is -4.56. The van der Waals surface area contributed by atoms with E-state index in [1.54, 1.807) is 36.6 Å². The van der Waals surface area contributed by atoms with Crippen LogP contribution in [0.25, 0.3) is 10.9 Å². The third-order valence-corrected chi connectivity index (χ3v) is 4.95. The van der Waals surface area contributed by atoms with E-state index >= 15 is 0 Å². The first kappa shape index (κ1) is 16.8. The van der Waals surface area contributed by atoms with Crippen LogP contribution in [0, 0.1) is 12.8 Å². The largest absolute Gasteiger partial charge is 0.411 e. The Morgan fingerprint density at radius 2 is 2.04 bits per heavy atom. The molecule has 2 atom stereocenters. The van der Waals surface area contributed by atoms with Crippen molar-refractivity contribution in [3.05, 3.63) is 59.3 Å². The van der Waals surface area contributed by atoms with E-state index < -0.39 is 17.6 Å². The highest BCUT2D eigenvalue weighted by molar-refractivity contribution is 5.88. The number of hydrogen-bond donors (Lipinski definition) is 2. The van der Waals surface area contributed by atoms with Crippen molar-refractivity contribution in [2.75, 3.05) is 0 Å². The van der Waals surface area contributed by atoms with Crippen molar-refractivity contribution in [2.24, 2.45) is 11.7 Å². The molecule has 0 radical (unpaired) electrons. The Bertz CT molecular complexity index is 814. The van der Waals surface area contributed by atoms with E-state index in [1.165, 1.54) is 0 Å². The number of nitrogens with one attached hydrogen (secondary N) is 1. The first-order valence-electron chi connectivity index (χ1n) is 8.09. The van der Waals surface area contributed by atoms with Crippen LogP contribution in [0.2, 0.25) is 0 Å². The van der Waals surface area contributed by atoms with Crippen molar-refractivity contribution in [1.82, 2.24) is 4.98 Å². The maximum absolute atomic E-state index is 14.2. The van der Waals surface area contributed by atoms with Crippen LogP contribution >= 0.6 is 0 Å². The summed E-state index contributed by atoms with van der Waals surface area (Å²) in [6.07, 6.45) is 4.61. The maximum Gasteiger partial charge on any atom is 0.411 e. The van der Waals surface area contributed by atoms with Crippen LogP contribution < -0.4 is 5.73 Å². The van der Waals surface area contributed by atoms with Gasteiger partial charge in [-0.3, -0.25) is 0 Å². The number of aromatic amines is 1. The van der Waals surface area contributed by atoms with Gasteiger partial charge in [0.15, 0.2) is 0 Å². The second-order valence-electron chi connectivity index (χ2n) is 6.37. The van der Waals surface area contributed by atoms with Gasteiger partial charge in [-0.1, -0.05) is 37.3 Å². The molecule has 0 saturated carbocycles. The van der Waals surface area contributed by atoms with Gasteiger partial charge in [0, 0.05) is 23.0 Å². The second kappa shape index (κ2) is 5.81. The summed E-state index contributed by atoms with van der Waals surface area (Å²) in [5, 5.41) is 0.564. The number of rotatable bonds is 3. The van der Waals surface area contributed by atoms with Crippen LogP contribution in [0.15, 0.2) is 42.6 Å². The summed E-state index contributed by atoms with van der Waals surface area (Å²) >= 11 is 0. The van der Waals surface area contributed by atoms with Crippen LogP contribution in [0.1, 0.15) is 30.0 Å². The molecule has 24 heavy (non-hydrogen) atoms. The smallest absolute Gasteiger partial charge is 0.361 e. The molecule has 0 bridgehead atoms. The van der Waals surface area contributed by atoms with Gasteiger partial charge in [0.2, 0.25) is 0 Å². The van der Waals surface area contributed by atoms with Gasteiger partial charge in [-0.05, 0) is 42.5 Å². The van der Waals surface area contributed by atoms with E-state index in [9.17, 15) is 13.2 Å². The lowest BCUT2D eigenvalue weighted by Gasteiger charge is -2.40. The Labute approximate surface area is 139 Å². The minimum Gasteiger partial charge on any atom is -0.361 e. The van der Waals surface area contributed by atoms with Crippen molar-refractivity contribution in [3.63, 3.8) is 0 Å². The molecule has 1 aliphatic rings. The van der Waals surface area contributed by atoms with E-state index in [2.05, 4.69) is 4.98 Å². The van der Waals surface area contributed by atoms with Gasteiger partial charge in [-0.15, -0.1) is 0 Å². The standard InChI is InChI=1S/C19H21F3N2/c1-3-13-11-12(2)17-15(9-10-24-17)16(13)18(23,19(20,21)22)14-7-5-4-6-8-14/h4-7,9-11,14,24H,3,8,23H2,1-2H3. The number of hydrogen-bond acceptors (Lipinski definition) is 1. The molecule has 2 unspecified atom stereocenters. The molecule has 0 amide bonds. The molecular formula is C19H21F3N2. The summed E-state index contributed by atoms with van der Waals surface area (Å²) < 4.78 is 42.7. The Balaban J connectivity index is 2.35. The number of nitrogens with two attached hydrogens (primary N) is 1. The highest BCUT2D eigenvalue weighted by Crippen LogP contribution is 2.48. The molecule has 0 fully saturated rings. The van der Waals surface area contributed by atoms with Gasteiger partial charge in [-0.25, -0.2) is 0 Å². The summed E-state index contributed by atoms with van der Waals surface area (Å²) in [7, 11) is 0. The Morgan fingerprint density at radius 3 is 2.62 bits per heavy atom. The quantitative estimate of drug-likeness (QED) is 0.825. The zero-order valence-corrected chi connectivity index (χ0v) is 13.7. The predicted octanol–water partition coefficient (Wildman–Crippen LogP) is 4.89. The molecule has 1 heterocycles. The van der Waals surface area contributed by atoms with Crippen molar-refractivity contribution in [3.8, 4) is 0 Å². The molecule has 1 aromatic heterocycles. The zero-order chi connectivity index (χ0) is 17.5. The highest BCUT2D eigenvalue weighted by atomic mass is 19.4. The molecule has 2 aromatic rings. The molecule has 0 aliphatic heterocycles. The number of H-pyrrole nitrogens is 1. The molecular weight excluding hydrogens is 313 g/mol. The summed E-state index contributed by atoms with van der Waals surface area (Å²) in [4.78, 5) is 3.05. The van der Waals surface area contributed by atoms with Gasteiger partial charge in [0.1, 0.15) is 5.54 Å². The van der Waals surface area contributed by atoms with Crippen LogP contribution in [-0.2, 0) is 12.0 Å². The number of halogens is 3. The molecule has 0 spiro atoms. The van der Waals surface area contributed by atoms with Gasteiger partial charge in [0.25, 0.3) is 0 Å². The maximum atomic E-state index is 14.2. The molecule has 128 valence electrons. The molecule has 3 N–H and O–H groups in total. The Morgan fingerprint density at radius 1 is 1.29 bits per heavy atom. The predicted molar refractivity (Wildman–Crippen MR) is 90.7 cm³/mol. The van der Waals surface area contributed by atoms with Crippen molar-refractivity contribution >= 4 is 10.9 Å². The van der Waals surface area contributed by atoms with E-state index in [-0.39, 0.29) is 12.0 Å². The van der Waals surface area contributed by atoms with Crippen molar-refractivity contribution in [2.45, 2.75) is 38.4 Å². The van der Waals surface area contributed by atoms with E-state index in [4.69, 9.17) is 5.73 Å². The highest BCUT2D eigenvalue weighted by Gasteiger charge is 2.58. The molecule has 5 heteroatoms. The zero-order valence-electron chi connectivity index (χ0n) is 13.7. The molecule has 1 aromatic carbocycles. The Kier molecular flexibility index (Phi) is 4.08. The summed E-state index contributed by atoms with van der Waals surface area (Å²) in [5.74, 6) is -0.825. The first-order chi connectivity index (χ1) is 11.3. The third-order valence-electron chi connectivity index (χ3n) is 4.95. The van der Waals surface area contributed by atoms with Crippen LogP contribution in [0.4, 0.5) is 13.2 Å². The van der Waals surface area contributed by atoms with Crippen molar-refractivity contribution in [1.29, 1.82) is 0 Å². The summed E-state index contributed by atoms with van der Waals surface area (Å²) in [6, 6.07) is 3.52. The van der Waals surface area contributed by atoms with E-state index in [0.29, 0.717) is 17.4 Å². The number of allylic oxidation sites excluding steroid dienone is 3. The molecule has 3 rings (SSSR count). The number of aromatic nitrogens is 1. The average Bonchev–Trinajstić information content (AvgIpc) is 3.03. The SMILES string of the molecule is CCc1cc(C)c2[nH]ccc2c1C(N)(C1C=CC=CC1)C(F)(F)F. The lowest BCUT2D eigenvalue weighted by atomic mass is 9.72. The fourth-order valence-electron chi connectivity index (χ4n) is 3.71. The number of benzene rings is 1.